The minimum absolute atomic E-state index is 0.0412. The summed E-state index contributed by atoms with van der Waals surface area (Å²) < 4.78 is 5.11. The largest absolute Gasteiger partial charge is 0.497 e. The third-order valence-electron chi connectivity index (χ3n) is 3.43. The van der Waals surface area contributed by atoms with E-state index in [1.165, 1.54) is 5.56 Å². The number of anilines is 1. The molecule has 0 spiro atoms. The molecule has 0 aromatic heterocycles. The lowest BCUT2D eigenvalue weighted by atomic mass is 10.1. The summed E-state index contributed by atoms with van der Waals surface area (Å²) in [6, 6.07) is 13.8. The average Bonchev–Trinajstić information content (AvgIpc) is 2.51. The molecule has 4 nitrogen and oxygen atoms in total. The van der Waals surface area contributed by atoms with E-state index in [0.717, 1.165) is 22.6 Å². The van der Waals surface area contributed by atoms with Gasteiger partial charge in [0.25, 0.3) is 0 Å². The molecule has 0 heterocycles. The number of carbonyl (C=O) groups excluding carboxylic acids is 1. The number of hydrogen-bond donors (Lipinski definition) is 2. The maximum absolute atomic E-state index is 11.9. The second-order valence-electron chi connectivity index (χ2n) is 5.32. The summed E-state index contributed by atoms with van der Waals surface area (Å²) in [5.41, 5.74) is 4.23. The number of hydrogen-bond acceptors (Lipinski definition) is 3. The molecule has 116 valence electrons. The van der Waals surface area contributed by atoms with Gasteiger partial charge in [-0.2, -0.15) is 0 Å². The molecule has 2 aromatic rings. The van der Waals surface area contributed by atoms with Gasteiger partial charge in [-0.15, -0.1) is 0 Å². The third-order valence-corrected chi connectivity index (χ3v) is 3.43. The van der Waals surface area contributed by atoms with E-state index >= 15 is 0 Å². The van der Waals surface area contributed by atoms with Crippen molar-refractivity contribution < 1.29 is 9.53 Å². The number of benzene rings is 2. The normalized spacial score (nSPS) is 10.3. The number of amides is 1. The van der Waals surface area contributed by atoms with Gasteiger partial charge in [-0.1, -0.05) is 29.8 Å². The van der Waals surface area contributed by atoms with Gasteiger partial charge in [-0.3, -0.25) is 4.79 Å². The van der Waals surface area contributed by atoms with E-state index in [-0.39, 0.29) is 12.5 Å². The molecule has 0 saturated heterocycles. The fraction of sp³-hybridized carbons (Fsp3) is 0.278. The lowest BCUT2D eigenvalue weighted by Gasteiger charge is -2.10. The molecule has 1 amide bonds. The number of ether oxygens (including phenoxy) is 1. The third kappa shape index (κ3) is 4.60. The molecule has 0 atom stereocenters. The van der Waals surface area contributed by atoms with Crippen LogP contribution in [0.1, 0.15) is 16.7 Å². The molecule has 2 N–H and O–H groups in total. The fourth-order valence-electron chi connectivity index (χ4n) is 2.21. The smallest absolute Gasteiger partial charge is 0.238 e. The van der Waals surface area contributed by atoms with Crippen LogP contribution < -0.4 is 15.4 Å². The van der Waals surface area contributed by atoms with Crippen molar-refractivity contribution in [2.75, 3.05) is 19.0 Å². The van der Waals surface area contributed by atoms with Crippen molar-refractivity contribution in [2.24, 2.45) is 0 Å². The summed E-state index contributed by atoms with van der Waals surface area (Å²) in [5, 5.41) is 6.06. The van der Waals surface area contributed by atoms with Crippen LogP contribution in [-0.2, 0) is 11.3 Å². The molecule has 4 heteroatoms. The van der Waals surface area contributed by atoms with Crippen LogP contribution in [0.3, 0.4) is 0 Å². The molecular formula is C18H22N2O2. The summed E-state index contributed by atoms with van der Waals surface area (Å²) in [6.07, 6.45) is 0. The maximum Gasteiger partial charge on any atom is 0.238 e. The molecule has 0 unspecified atom stereocenters. The molecule has 2 rings (SSSR count). The lowest BCUT2D eigenvalue weighted by molar-refractivity contribution is -0.115. The molecule has 2 aromatic carbocycles. The number of nitrogens with one attached hydrogen (secondary N) is 2. The zero-order valence-electron chi connectivity index (χ0n) is 13.3. The van der Waals surface area contributed by atoms with E-state index in [9.17, 15) is 4.79 Å². The van der Waals surface area contributed by atoms with Crippen molar-refractivity contribution >= 4 is 11.6 Å². The van der Waals surface area contributed by atoms with Crippen molar-refractivity contribution in [1.29, 1.82) is 0 Å². The zero-order chi connectivity index (χ0) is 15.9. The Kier molecular flexibility index (Phi) is 5.55. The van der Waals surface area contributed by atoms with E-state index in [1.807, 2.05) is 50.2 Å². The fourth-order valence-corrected chi connectivity index (χ4v) is 2.21. The minimum atomic E-state index is -0.0412. The van der Waals surface area contributed by atoms with Gasteiger partial charge in [0.2, 0.25) is 5.91 Å². The van der Waals surface area contributed by atoms with E-state index < -0.39 is 0 Å². The Morgan fingerprint density at radius 2 is 1.82 bits per heavy atom. The summed E-state index contributed by atoms with van der Waals surface area (Å²) in [6.45, 7) is 4.95. The van der Waals surface area contributed by atoms with Gasteiger partial charge in [0.1, 0.15) is 5.75 Å². The Labute approximate surface area is 131 Å². The Bertz CT molecular complexity index is 636. The molecule has 0 aliphatic carbocycles. The summed E-state index contributed by atoms with van der Waals surface area (Å²) >= 11 is 0. The first-order chi connectivity index (χ1) is 10.6. The van der Waals surface area contributed by atoms with Crippen LogP contribution in [-0.4, -0.2) is 19.6 Å². The Balaban J connectivity index is 1.79. The number of methoxy groups -OCH3 is 1. The van der Waals surface area contributed by atoms with E-state index in [2.05, 4.69) is 16.7 Å². The Morgan fingerprint density at radius 1 is 1.09 bits per heavy atom. The van der Waals surface area contributed by atoms with Crippen molar-refractivity contribution in [3.05, 3.63) is 59.2 Å². The second-order valence-corrected chi connectivity index (χ2v) is 5.32. The summed E-state index contributed by atoms with van der Waals surface area (Å²) in [5.74, 6) is 0.789. The van der Waals surface area contributed by atoms with E-state index in [0.29, 0.717) is 6.54 Å². The molecule has 0 bridgehead atoms. The van der Waals surface area contributed by atoms with Gasteiger partial charge >= 0.3 is 0 Å². The maximum atomic E-state index is 11.9. The predicted octanol–water partition coefficient (Wildman–Crippen LogP) is 3.04. The number of rotatable bonds is 6. The van der Waals surface area contributed by atoms with Crippen LogP contribution in [0.4, 0.5) is 5.69 Å². The predicted molar refractivity (Wildman–Crippen MR) is 89.2 cm³/mol. The highest BCUT2D eigenvalue weighted by Gasteiger charge is 2.04. The second kappa shape index (κ2) is 7.61. The first-order valence-corrected chi connectivity index (χ1v) is 7.29. The van der Waals surface area contributed by atoms with Gasteiger partial charge in [0.15, 0.2) is 0 Å². The Morgan fingerprint density at radius 3 is 2.45 bits per heavy atom. The molecule has 0 fully saturated rings. The molecule has 0 saturated carbocycles. The standard InChI is InChI=1S/C18H22N2O2/c1-13-4-9-17(14(2)10-13)20-18(21)12-19-11-15-5-7-16(22-3)8-6-15/h4-10,19H,11-12H2,1-3H3,(H,20,21). The minimum Gasteiger partial charge on any atom is -0.497 e. The zero-order valence-corrected chi connectivity index (χ0v) is 13.3. The monoisotopic (exact) mass is 298 g/mol. The van der Waals surface area contributed by atoms with Gasteiger partial charge in [-0.05, 0) is 43.2 Å². The van der Waals surface area contributed by atoms with E-state index in [4.69, 9.17) is 4.74 Å². The van der Waals surface area contributed by atoms with Gasteiger partial charge in [0.05, 0.1) is 13.7 Å². The van der Waals surface area contributed by atoms with Crippen molar-refractivity contribution in [1.82, 2.24) is 5.32 Å². The molecular weight excluding hydrogens is 276 g/mol. The molecule has 22 heavy (non-hydrogen) atoms. The topological polar surface area (TPSA) is 50.4 Å². The highest BCUT2D eigenvalue weighted by molar-refractivity contribution is 5.92. The van der Waals surface area contributed by atoms with Crippen molar-refractivity contribution in [3.63, 3.8) is 0 Å². The van der Waals surface area contributed by atoms with Gasteiger partial charge in [-0.25, -0.2) is 0 Å². The quantitative estimate of drug-likeness (QED) is 0.862. The van der Waals surface area contributed by atoms with Crippen molar-refractivity contribution in [3.8, 4) is 5.75 Å². The Hall–Kier alpha value is -2.33. The molecule has 0 aliphatic heterocycles. The van der Waals surface area contributed by atoms with Crippen LogP contribution in [0.5, 0.6) is 5.75 Å². The number of carbonyl (C=O) groups is 1. The first kappa shape index (κ1) is 16.0. The lowest BCUT2D eigenvalue weighted by Crippen LogP contribution is -2.27. The SMILES string of the molecule is COc1ccc(CNCC(=O)Nc2ccc(C)cc2C)cc1. The highest BCUT2D eigenvalue weighted by Crippen LogP contribution is 2.15. The summed E-state index contributed by atoms with van der Waals surface area (Å²) in [7, 11) is 1.64. The van der Waals surface area contributed by atoms with Crippen LogP contribution in [0.15, 0.2) is 42.5 Å². The van der Waals surface area contributed by atoms with Crippen LogP contribution >= 0.6 is 0 Å². The number of aryl methyl sites for hydroxylation is 2. The molecule has 0 radical (unpaired) electrons. The summed E-state index contributed by atoms with van der Waals surface area (Å²) in [4.78, 5) is 11.9. The van der Waals surface area contributed by atoms with Gasteiger partial charge in [0, 0.05) is 12.2 Å². The van der Waals surface area contributed by atoms with E-state index in [1.54, 1.807) is 7.11 Å². The van der Waals surface area contributed by atoms with Gasteiger partial charge < -0.3 is 15.4 Å². The first-order valence-electron chi connectivity index (χ1n) is 7.29. The van der Waals surface area contributed by atoms with Crippen LogP contribution in [0.2, 0.25) is 0 Å². The molecule has 0 aliphatic rings. The highest BCUT2D eigenvalue weighted by atomic mass is 16.5. The van der Waals surface area contributed by atoms with Crippen LogP contribution in [0, 0.1) is 13.8 Å². The average molecular weight is 298 g/mol. The van der Waals surface area contributed by atoms with Crippen molar-refractivity contribution in [2.45, 2.75) is 20.4 Å². The van der Waals surface area contributed by atoms with Crippen LogP contribution in [0.25, 0.3) is 0 Å².